The zero-order valence-electron chi connectivity index (χ0n) is 12.0. The number of benzene rings is 1. The number of ether oxygens (including phenoxy) is 1. The summed E-state index contributed by atoms with van der Waals surface area (Å²) in [6, 6.07) is 6.90. The minimum atomic E-state index is -3.45. The van der Waals surface area contributed by atoms with Crippen LogP contribution in [0.5, 0.6) is 0 Å². The molecule has 5 nitrogen and oxygen atoms in total. The van der Waals surface area contributed by atoms with Gasteiger partial charge in [-0.15, -0.1) is 0 Å². The fourth-order valence-electron chi connectivity index (χ4n) is 2.39. The number of nitrogens with one attached hydrogen (secondary N) is 1. The first-order chi connectivity index (χ1) is 9.49. The van der Waals surface area contributed by atoms with Crippen LogP contribution in [0.1, 0.15) is 12.5 Å². The molecule has 0 bridgehead atoms. The van der Waals surface area contributed by atoms with Gasteiger partial charge in [0.25, 0.3) is 0 Å². The molecule has 1 aliphatic heterocycles. The fraction of sp³-hybridized carbons (Fsp3) is 0.571. The van der Waals surface area contributed by atoms with Crippen molar-refractivity contribution in [2.75, 3.05) is 32.8 Å². The molecule has 0 radical (unpaired) electrons. The molecule has 1 N–H and O–H groups in total. The Kier molecular flexibility index (Phi) is 5.15. The van der Waals surface area contributed by atoms with Gasteiger partial charge in [0.05, 0.1) is 18.1 Å². The van der Waals surface area contributed by atoms with E-state index in [1.165, 1.54) is 0 Å². The molecular weight excluding hydrogens is 276 g/mol. The van der Waals surface area contributed by atoms with Gasteiger partial charge in [-0.1, -0.05) is 18.2 Å². The minimum absolute atomic E-state index is 0.127. The van der Waals surface area contributed by atoms with Crippen LogP contribution in [0.15, 0.2) is 29.2 Å². The second kappa shape index (κ2) is 6.67. The highest BCUT2D eigenvalue weighted by molar-refractivity contribution is 7.89. The van der Waals surface area contributed by atoms with Crippen LogP contribution in [0.25, 0.3) is 0 Å². The summed E-state index contributed by atoms with van der Waals surface area (Å²) in [5.41, 5.74) is 0.763. The highest BCUT2D eigenvalue weighted by Gasteiger charge is 2.21. The smallest absolute Gasteiger partial charge is 0.241 e. The molecule has 6 heteroatoms. The molecule has 1 atom stereocenters. The minimum Gasteiger partial charge on any atom is -0.379 e. The normalized spacial score (nSPS) is 18.9. The van der Waals surface area contributed by atoms with Crippen LogP contribution in [0.4, 0.5) is 0 Å². The van der Waals surface area contributed by atoms with Crippen LogP contribution in [0, 0.1) is 6.92 Å². The Morgan fingerprint density at radius 2 is 1.95 bits per heavy atom. The molecule has 0 amide bonds. The topological polar surface area (TPSA) is 58.6 Å². The van der Waals surface area contributed by atoms with E-state index in [9.17, 15) is 8.42 Å². The summed E-state index contributed by atoms with van der Waals surface area (Å²) in [5.74, 6) is 0. The first-order valence-electron chi connectivity index (χ1n) is 6.87. The highest BCUT2D eigenvalue weighted by Crippen LogP contribution is 2.14. The van der Waals surface area contributed by atoms with Gasteiger partial charge in [0, 0.05) is 25.7 Å². The van der Waals surface area contributed by atoms with E-state index in [1.54, 1.807) is 25.1 Å². The average Bonchev–Trinajstić information content (AvgIpc) is 2.39. The lowest BCUT2D eigenvalue weighted by Crippen LogP contribution is -2.46. The van der Waals surface area contributed by atoms with E-state index in [0.29, 0.717) is 11.4 Å². The van der Waals surface area contributed by atoms with Crippen molar-refractivity contribution in [2.24, 2.45) is 0 Å². The number of hydrogen-bond acceptors (Lipinski definition) is 4. The van der Waals surface area contributed by atoms with Gasteiger partial charge in [0.2, 0.25) is 10.0 Å². The average molecular weight is 298 g/mol. The summed E-state index contributed by atoms with van der Waals surface area (Å²) >= 11 is 0. The van der Waals surface area contributed by atoms with E-state index < -0.39 is 10.0 Å². The summed E-state index contributed by atoms with van der Waals surface area (Å²) in [4.78, 5) is 2.57. The molecule has 1 fully saturated rings. The summed E-state index contributed by atoms with van der Waals surface area (Å²) in [7, 11) is -3.45. The van der Waals surface area contributed by atoms with Gasteiger partial charge >= 0.3 is 0 Å². The summed E-state index contributed by atoms with van der Waals surface area (Å²) < 4.78 is 32.7. The zero-order chi connectivity index (χ0) is 14.6. The molecule has 1 heterocycles. The first kappa shape index (κ1) is 15.4. The van der Waals surface area contributed by atoms with Crippen LogP contribution in [-0.4, -0.2) is 52.2 Å². The van der Waals surface area contributed by atoms with Crippen molar-refractivity contribution in [3.63, 3.8) is 0 Å². The number of hydrogen-bond donors (Lipinski definition) is 1. The molecule has 1 saturated heterocycles. The molecule has 1 unspecified atom stereocenters. The SMILES string of the molecule is Cc1ccccc1S(=O)(=O)NC(C)CN1CCOCC1. The van der Waals surface area contributed by atoms with Gasteiger partial charge < -0.3 is 4.74 Å². The van der Waals surface area contributed by atoms with E-state index in [-0.39, 0.29) is 6.04 Å². The van der Waals surface area contributed by atoms with Gasteiger partial charge in [-0.25, -0.2) is 13.1 Å². The molecule has 112 valence electrons. The third-order valence-electron chi connectivity index (χ3n) is 3.38. The summed E-state index contributed by atoms with van der Waals surface area (Å²) in [6.07, 6.45) is 0. The number of sulfonamides is 1. The lowest BCUT2D eigenvalue weighted by Gasteiger charge is -2.29. The predicted molar refractivity (Wildman–Crippen MR) is 78.2 cm³/mol. The monoisotopic (exact) mass is 298 g/mol. The molecular formula is C14H22N2O3S. The van der Waals surface area contributed by atoms with E-state index in [2.05, 4.69) is 9.62 Å². The maximum atomic E-state index is 12.4. The number of nitrogens with zero attached hydrogens (tertiary/aromatic N) is 1. The van der Waals surface area contributed by atoms with Crippen LogP contribution >= 0.6 is 0 Å². The van der Waals surface area contributed by atoms with E-state index in [1.807, 2.05) is 13.0 Å². The molecule has 0 aromatic heterocycles. The Bertz CT molecular complexity index is 539. The molecule has 0 aliphatic carbocycles. The lowest BCUT2D eigenvalue weighted by atomic mass is 10.2. The summed E-state index contributed by atoms with van der Waals surface area (Å²) in [6.45, 7) is 7.56. The van der Waals surface area contributed by atoms with Crippen molar-refractivity contribution in [3.05, 3.63) is 29.8 Å². The largest absolute Gasteiger partial charge is 0.379 e. The number of morpholine rings is 1. The maximum Gasteiger partial charge on any atom is 0.241 e. The molecule has 0 spiro atoms. The van der Waals surface area contributed by atoms with Crippen LogP contribution in [0.2, 0.25) is 0 Å². The van der Waals surface area contributed by atoms with Crippen molar-refractivity contribution < 1.29 is 13.2 Å². The van der Waals surface area contributed by atoms with Crippen LogP contribution in [-0.2, 0) is 14.8 Å². The van der Waals surface area contributed by atoms with Gasteiger partial charge in [0.15, 0.2) is 0 Å². The Morgan fingerprint density at radius 3 is 2.60 bits per heavy atom. The van der Waals surface area contributed by atoms with Crippen molar-refractivity contribution in [1.29, 1.82) is 0 Å². The van der Waals surface area contributed by atoms with E-state index in [4.69, 9.17) is 4.74 Å². The van der Waals surface area contributed by atoms with Gasteiger partial charge in [0.1, 0.15) is 0 Å². The molecule has 1 aromatic rings. The lowest BCUT2D eigenvalue weighted by molar-refractivity contribution is 0.0354. The van der Waals surface area contributed by atoms with Crippen molar-refractivity contribution in [1.82, 2.24) is 9.62 Å². The molecule has 1 aromatic carbocycles. The standard InChI is InChI=1S/C14H22N2O3S/c1-12-5-3-4-6-14(12)20(17,18)15-13(2)11-16-7-9-19-10-8-16/h3-6,13,15H,7-11H2,1-2H3. The number of rotatable bonds is 5. The van der Waals surface area contributed by atoms with Gasteiger partial charge in [-0.05, 0) is 25.5 Å². The molecule has 0 saturated carbocycles. The Hall–Kier alpha value is -0.950. The quantitative estimate of drug-likeness (QED) is 0.881. The maximum absolute atomic E-state index is 12.4. The van der Waals surface area contributed by atoms with Crippen molar-refractivity contribution >= 4 is 10.0 Å². The van der Waals surface area contributed by atoms with E-state index in [0.717, 1.165) is 31.9 Å². The van der Waals surface area contributed by atoms with Gasteiger partial charge in [-0.3, -0.25) is 4.90 Å². The van der Waals surface area contributed by atoms with Gasteiger partial charge in [-0.2, -0.15) is 0 Å². The Balaban J connectivity index is 1.99. The third kappa shape index (κ3) is 4.02. The summed E-state index contributed by atoms with van der Waals surface area (Å²) in [5, 5.41) is 0. The predicted octanol–water partition coefficient (Wildman–Crippen LogP) is 0.994. The van der Waals surface area contributed by atoms with Crippen molar-refractivity contribution in [3.8, 4) is 0 Å². The Morgan fingerprint density at radius 1 is 1.30 bits per heavy atom. The third-order valence-corrected chi connectivity index (χ3v) is 5.12. The Labute approximate surface area is 121 Å². The second-order valence-electron chi connectivity index (χ2n) is 5.20. The molecule has 1 aliphatic rings. The molecule has 20 heavy (non-hydrogen) atoms. The second-order valence-corrected chi connectivity index (χ2v) is 6.88. The molecule has 2 rings (SSSR count). The zero-order valence-corrected chi connectivity index (χ0v) is 12.8. The number of aryl methyl sites for hydroxylation is 1. The first-order valence-corrected chi connectivity index (χ1v) is 8.35. The highest BCUT2D eigenvalue weighted by atomic mass is 32.2. The van der Waals surface area contributed by atoms with Crippen LogP contribution < -0.4 is 4.72 Å². The van der Waals surface area contributed by atoms with Crippen LogP contribution in [0.3, 0.4) is 0 Å². The fourth-order valence-corrected chi connectivity index (χ4v) is 3.88. The van der Waals surface area contributed by atoms with E-state index >= 15 is 0 Å². The van der Waals surface area contributed by atoms with Crippen molar-refractivity contribution in [2.45, 2.75) is 24.8 Å².